The second-order valence-electron chi connectivity index (χ2n) is 9.33. The molecule has 1 saturated heterocycles. The van der Waals surface area contributed by atoms with Crippen LogP contribution in [0.3, 0.4) is 0 Å². The number of likely N-dealkylation sites (N-methyl/N-ethyl adjacent to an activating group) is 1. The van der Waals surface area contributed by atoms with Gasteiger partial charge in [0.25, 0.3) is 0 Å². The van der Waals surface area contributed by atoms with E-state index >= 15 is 0 Å². The van der Waals surface area contributed by atoms with Crippen molar-refractivity contribution in [3.05, 3.63) is 69.7 Å². The highest BCUT2D eigenvalue weighted by atomic mass is 35.5. The van der Waals surface area contributed by atoms with Gasteiger partial charge in [-0.2, -0.15) is 0 Å². The summed E-state index contributed by atoms with van der Waals surface area (Å²) in [4.78, 5) is 17.7. The first kappa shape index (κ1) is 22.5. The maximum atomic E-state index is 12.8. The maximum absolute atomic E-state index is 12.8. The molecule has 31 heavy (non-hydrogen) atoms. The fraction of sp³-hybridized carbons (Fsp3) is 0.519. The number of piperidine rings is 1. The predicted molar refractivity (Wildman–Crippen MR) is 129 cm³/mol. The smallest absolute Gasteiger partial charge is 0.162 e. The van der Waals surface area contributed by atoms with Crippen LogP contribution in [0.5, 0.6) is 0 Å². The second kappa shape index (κ2) is 10.8. The van der Waals surface area contributed by atoms with Gasteiger partial charge in [-0.1, -0.05) is 35.9 Å². The minimum absolute atomic E-state index is 0.304. The Bertz CT molecular complexity index is 871. The number of rotatable bonds is 6. The van der Waals surface area contributed by atoms with Crippen LogP contribution in [-0.4, -0.2) is 55.4 Å². The summed E-state index contributed by atoms with van der Waals surface area (Å²) >= 11 is 6.02. The Morgan fingerprint density at radius 3 is 2.52 bits per heavy atom. The van der Waals surface area contributed by atoms with Gasteiger partial charge in [0.15, 0.2) is 5.78 Å². The summed E-state index contributed by atoms with van der Waals surface area (Å²) in [5.41, 5.74) is 5.13. The molecule has 0 atom stereocenters. The third-order valence-electron chi connectivity index (χ3n) is 7.08. The number of benzene rings is 2. The van der Waals surface area contributed by atoms with E-state index in [0.29, 0.717) is 18.1 Å². The summed E-state index contributed by atoms with van der Waals surface area (Å²) in [5.74, 6) is 0.941. The first-order valence-electron chi connectivity index (χ1n) is 11.9. The summed E-state index contributed by atoms with van der Waals surface area (Å²) in [6, 6.07) is 14.8. The molecule has 2 heterocycles. The number of hydrogen-bond donors (Lipinski definition) is 0. The Hall–Kier alpha value is -1.68. The van der Waals surface area contributed by atoms with Crippen LogP contribution in [0.15, 0.2) is 42.5 Å². The highest BCUT2D eigenvalue weighted by molar-refractivity contribution is 6.30. The van der Waals surface area contributed by atoms with Crippen molar-refractivity contribution in [2.75, 3.05) is 39.8 Å². The molecular weight excluding hydrogens is 404 g/mol. The monoisotopic (exact) mass is 438 g/mol. The lowest BCUT2D eigenvalue weighted by atomic mass is 9.89. The molecule has 1 fully saturated rings. The molecule has 0 spiro atoms. The van der Waals surface area contributed by atoms with E-state index in [9.17, 15) is 4.79 Å². The van der Waals surface area contributed by atoms with Gasteiger partial charge < -0.3 is 9.80 Å². The van der Waals surface area contributed by atoms with E-state index in [4.69, 9.17) is 11.6 Å². The minimum Gasteiger partial charge on any atom is -0.306 e. The van der Waals surface area contributed by atoms with Gasteiger partial charge in [0.1, 0.15) is 0 Å². The molecule has 2 aromatic carbocycles. The first-order valence-corrected chi connectivity index (χ1v) is 12.3. The molecule has 0 unspecified atom stereocenters. The Labute approximate surface area is 192 Å². The topological polar surface area (TPSA) is 23.6 Å². The van der Waals surface area contributed by atoms with Crippen LogP contribution in [-0.2, 0) is 12.8 Å². The normalized spacial score (nSPS) is 18.9. The first-order chi connectivity index (χ1) is 15.1. The molecule has 2 aliphatic rings. The van der Waals surface area contributed by atoms with Crippen LogP contribution in [0.4, 0.5) is 0 Å². The van der Waals surface area contributed by atoms with Gasteiger partial charge in [0.05, 0.1) is 0 Å². The molecule has 0 radical (unpaired) electrons. The number of aryl methyl sites for hydroxylation is 1. The molecular formula is C27H35ClN2O. The van der Waals surface area contributed by atoms with E-state index < -0.39 is 0 Å². The number of likely N-dealkylation sites (tertiary alicyclic amines) is 1. The average molecular weight is 439 g/mol. The second-order valence-corrected chi connectivity index (χ2v) is 9.77. The zero-order valence-corrected chi connectivity index (χ0v) is 19.5. The summed E-state index contributed by atoms with van der Waals surface area (Å²) in [6.45, 7) is 5.52. The molecule has 4 rings (SSSR count). The third kappa shape index (κ3) is 6.19. The zero-order chi connectivity index (χ0) is 21.6. The largest absolute Gasteiger partial charge is 0.306 e. The average Bonchev–Trinajstić information content (AvgIpc) is 2.77. The highest BCUT2D eigenvalue weighted by Crippen LogP contribution is 2.29. The highest BCUT2D eigenvalue weighted by Gasteiger charge is 2.20. The number of Topliss-reactive ketones (excluding diaryl/α,β-unsaturated/α-hetero) is 1. The SMILES string of the molecule is CN1CCCc2cc(C(=O)CCCN3CCC(c4ccc(Cl)cc4)CC3)ccc2CC1. The fourth-order valence-corrected chi connectivity index (χ4v) is 5.20. The van der Waals surface area contributed by atoms with Gasteiger partial charge in [-0.25, -0.2) is 0 Å². The van der Waals surface area contributed by atoms with Gasteiger partial charge in [-0.3, -0.25) is 4.79 Å². The number of nitrogens with zero attached hydrogens (tertiary/aromatic N) is 2. The van der Waals surface area contributed by atoms with Crippen molar-refractivity contribution in [1.29, 1.82) is 0 Å². The summed E-state index contributed by atoms with van der Waals surface area (Å²) in [6.07, 6.45) is 7.33. The quantitative estimate of drug-likeness (QED) is 0.548. The van der Waals surface area contributed by atoms with Crippen LogP contribution in [0.25, 0.3) is 0 Å². The maximum Gasteiger partial charge on any atom is 0.162 e. The van der Waals surface area contributed by atoms with E-state index in [1.54, 1.807) is 0 Å². The van der Waals surface area contributed by atoms with Crippen molar-refractivity contribution in [1.82, 2.24) is 9.80 Å². The van der Waals surface area contributed by atoms with E-state index in [1.165, 1.54) is 36.0 Å². The van der Waals surface area contributed by atoms with Gasteiger partial charge in [0.2, 0.25) is 0 Å². The number of fused-ring (bicyclic) bond motifs is 1. The number of hydrogen-bond acceptors (Lipinski definition) is 3. The lowest BCUT2D eigenvalue weighted by Crippen LogP contribution is -2.33. The molecule has 0 bridgehead atoms. The van der Waals surface area contributed by atoms with Gasteiger partial charge in [-0.05, 0) is 113 Å². The number of carbonyl (C=O) groups excluding carboxylic acids is 1. The van der Waals surface area contributed by atoms with Crippen molar-refractivity contribution in [3.63, 3.8) is 0 Å². The zero-order valence-electron chi connectivity index (χ0n) is 18.8. The molecule has 166 valence electrons. The third-order valence-corrected chi connectivity index (χ3v) is 7.34. The van der Waals surface area contributed by atoms with Crippen molar-refractivity contribution >= 4 is 17.4 Å². The van der Waals surface area contributed by atoms with Crippen LogP contribution in [0, 0.1) is 0 Å². The van der Waals surface area contributed by atoms with Crippen molar-refractivity contribution in [3.8, 4) is 0 Å². The number of ketones is 1. The van der Waals surface area contributed by atoms with Gasteiger partial charge in [-0.15, -0.1) is 0 Å². The molecule has 3 nitrogen and oxygen atoms in total. The van der Waals surface area contributed by atoms with Crippen LogP contribution in [0.1, 0.15) is 65.1 Å². The summed E-state index contributed by atoms with van der Waals surface area (Å²) in [7, 11) is 2.20. The lowest BCUT2D eigenvalue weighted by molar-refractivity contribution is 0.0972. The van der Waals surface area contributed by atoms with Crippen LogP contribution < -0.4 is 0 Å². The fourth-order valence-electron chi connectivity index (χ4n) is 5.07. The Kier molecular flexibility index (Phi) is 7.81. The van der Waals surface area contributed by atoms with Crippen LogP contribution in [0.2, 0.25) is 5.02 Å². The standard InChI is InChI=1S/C27H35ClN2O/c1-29-15-2-4-24-20-25(7-6-22(24)12-17-29)27(31)5-3-16-30-18-13-23(14-19-30)21-8-10-26(28)11-9-21/h6-11,20,23H,2-5,12-19H2,1H3. The van der Waals surface area contributed by atoms with E-state index in [1.807, 2.05) is 12.1 Å². The number of halogens is 1. The molecule has 0 N–H and O–H groups in total. The Morgan fingerprint density at radius 1 is 0.968 bits per heavy atom. The number of carbonyl (C=O) groups is 1. The van der Waals surface area contributed by atoms with E-state index in [-0.39, 0.29) is 0 Å². The predicted octanol–water partition coefficient (Wildman–Crippen LogP) is 5.60. The Balaban J connectivity index is 1.23. The van der Waals surface area contributed by atoms with Crippen LogP contribution >= 0.6 is 11.6 Å². The molecule has 0 amide bonds. The van der Waals surface area contributed by atoms with E-state index in [2.05, 4.69) is 47.2 Å². The van der Waals surface area contributed by atoms with Crippen molar-refractivity contribution in [2.45, 2.75) is 50.9 Å². The molecule has 0 aromatic heterocycles. The minimum atomic E-state index is 0.304. The van der Waals surface area contributed by atoms with Gasteiger partial charge >= 0.3 is 0 Å². The summed E-state index contributed by atoms with van der Waals surface area (Å²) in [5, 5.41) is 0.809. The van der Waals surface area contributed by atoms with Crippen molar-refractivity contribution < 1.29 is 4.79 Å². The molecule has 2 aliphatic heterocycles. The molecule has 0 saturated carbocycles. The summed E-state index contributed by atoms with van der Waals surface area (Å²) < 4.78 is 0. The molecule has 4 heteroatoms. The van der Waals surface area contributed by atoms with Gasteiger partial charge in [0, 0.05) is 23.6 Å². The molecule has 0 aliphatic carbocycles. The van der Waals surface area contributed by atoms with Crippen molar-refractivity contribution in [2.24, 2.45) is 0 Å². The molecule has 2 aromatic rings. The Morgan fingerprint density at radius 2 is 1.74 bits per heavy atom. The van der Waals surface area contributed by atoms with E-state index in [0.717, 1.165) is 62.6 Å². The lowest BCUT2D eigenvalue weighted by Gasteiger charge is -2.32.